The number of carbonyl (C=O) groups excluding carboxylic acids is 2. The molecule has 0 aliphatic heterocycles. The van der Waals surface area contributed by atoms with E-state index in [4.69, 9.17) is 0 Å². The van der Waals surface area contributed by atoms with Gasteiger partial charge in [-0.25, -0.2) is 0 Å². The Morgan fingerprint density at radius 2 is 1.15 bits per heavy atom. The van der Waals surface area contributed by atoms with E-state index in [9.17, 15) is 9.59 Å². The lowest BCUT2D eigenvalue weighted by Crippen LogP contribution is -2.42. The Morgan fingerprint density at radius 3 is 1.70 bits per heavy atom. The second-order valence-corrected chi connectivity index (χ2v) is 16.0. The number of hydrogen-bond acceptors (Lipinski definition) is 2. The normalized spacial score (nSPS) is 39.1. The number of rotatable bonds is 0. The van der Waals surface area contributed by atoms with E-state index < -0.39 is 0 Å². The minimum Gasteiger partial charge on any atom is -0.299 e. The van der Waals surface area contributed by atoms with Crippen molar-refractivity contribution in [1.82, 2.24) is 0 Å². The Balaban J connectivity index is 0.000000132. The highest BCUT2D eigenvalue weighted by Crippen LogP contribution is 2.60. The summed E-state index contributed by atoms with van der Waals surface area (Å²) in [5.74, 6) is 5.38. The van der Waals surface area contributed by atoms with Crippen molar-refractivity contribution in [3.63, 3.8) is 0 Å². The molecule has 8 atom stereocenters. The number of ketones is 2. The molecule has 2 aromatic rings. The van der Waals surface area contributed by atoms with Crippen LogP contribution in [0.3, 0.4) is 0 Å². The monoisotopic (exact) mass is 648 g/mol. The average Bonchev–Trinajstić information content (AvgIpc) is 3.43. The molecule has 2 aromatic carbocycles. The topological polar surface area (TPSA) is 34.1 Å². The molecule has 40 heavy (non-hydrogen) atoms. The molecule has 4 saturated carbocycles. The zero-order valence-electron chi connectivity index (χ0n) is 24.6. The van der Waals surface area contributed by atoms with E-state index in [-0.39, 0.29) is 10.8 Å². The van der Waals surface area contributed by atoms with Crippen LogP contribution >= 0.6 is 22.6 Å². The Morgan fingerprint density at radius 1 is 0.650 bits per heavy atom. The van der Waals surface area contributed by atoms with Gasteiger partial charge in [0.25, 0.3) is 0 Å². The molecule has 0 bridgehead atoms. The Hall–Kier alpha value is -1.49. The molecule has 6 aliphatic rings. The highest BCUT2D eigenvalue weighted by Gasteiger charge is 2.55. The second kappa shape index (κ2) is 10.1. The van der Waals surface area contributed by atoms with Crippen LogP contribution in [0, 0.1) is 45.0 Å². The molecular formula is C37H45IO2. The molecule has 8 rings (SSSR count). The van der Waals surface area contributed by atoms with Crippen molar-refractivity contribution in [2.45, 2.75) is 110 Å². The zero-order chi connectivity index (χ0) is 27.8. The number of halogens is 1. The fourth-order valence-electron chi connectivity index (χ4n) is 10.8. The summed E-state index contributed by atoms with van der Waals surface area (Å²) in [6, 6.07) is 14.0. The summed E-state index contributed by atoms with van der Waals surface area (Å²) in [4.78, 5) is 24.6. The SMILES string of the molecule is C[C@]12CC[C@@H]3c4ccc(I)cc4CC[C@H]3[C@@H]1CCC2=O.Cc1ccc2c(c1)CC[C@@H]1[C@@H]2CC[C@]2(C)C(=O)CC[C@@H]12. The van der Waals surface area contributed by atoms with E-state index in [1.54, 1.807) is 22.3 Å². The summed E-state index contributed by atoms with van der Waals surface area (Å²) in [5, 5.41) is 0. The largest absolute Gasteiger partial charge is 0.299 e. The summed E-state index contributed by atoms with van der Waals surface area (Å²) in [7, 11) is 0. The van der Waals surface area contributed by atoms with Crippen LogP contribution in [0.1, 0.15) is 118 Å². The predicted octanol–water partition coefficient (Wildman–Crippen LogP) is 9.14. The quantitative estimate of drug-likeness (QED) is 0.267. The Kier molecular flexibility index (Phi) is 6.88. The standard InChI is InChI=1S/C19H24O.C18H21IO/c1-12-3-5-14-13(11-12)4-6-16-15(14)9-10-19(2)17(16)7-8-18(19)20;1-18-9-8-14-13-5-3-12(19)10-11(13)2-4-15(14)16(18)6-7-17(18)20/h3,5,11,15-17H,4,6-10H2,1-2H3;3,5,10,14-16H,2,4,6-9H2,1H3/t15-,16-,17+,19+;14-,15-,16+,18+/m11/s1. The van der Waals surface area contributed by atoms with Crippen molar-refractivity contribution in [2.24, 2.45) is 34.5 Å². The summed E-state index contributed by atoms with van der Waals surface area (Å²) in [6.07, 6.45) is 13.7. The number of carbonyl (C=O) groups is 2. The molecule has 212 valence electrons. The third kappa shape index (κ3) is 4.21. The van der Waals surface area contributed by atoms with Crippen molar-refractivity contribution in [3.8, 4) is 0 Å². The Labute approximate surface area is 254 Å². The lowest BCUT2D eigenvalue weighted by atomic mass is 9.55. The fraction of sp³-hybridized carbons (Fsp3) is 0.622. The van der Waals surface area contributed by atoms with Gasteiger partial charge in [-0.2, -0.15) is 0 Å². The summed E-state index contributed by atoms with van der Waals surface area (Å²) in [5.41, 5.74) is 7.78. The molecule has 6 aliphatic carbocycles. The molecule has 4 fully saturated rings. The van der Waals surface area contributed by atoms with Gasteiger partial charge in [-0.15, -0.1) is 0 Å². The third-order valence-corrected chi connectivity index (χ3v) is 13.7. The van der Waals surface area contributed by atoms with Gasteiger partial charge in [0.1, 0.15) is 11.6 Å². The molecule has 0 spiro atoms. The predicted molar refractivity (Wildman–Crippen MR) is 170 cm³/mol. The van der Waals surface area contributed by atoms with Crippen LogP contribution in [-0.2, 0) is 22.4 Å². The maximum Gasteiger partial charge on any atom is 0.139 e. The highest BCUT2D eigenvalue weighted by molar-refractivity contribution is 14.1. The van der Waals surface area contributed by atoms with Gasteiger partial charge in [-0.1, -0.05) is 43.7 Å². The van der Waals surface area contributed by atoms with Gasteiger partial charge < -0.3 is 0 Å². The van der Waals surface area contributed by atoms with E-state index in [1.165, 1.54) is 47.7 Å². The molecule has 0 unspecified atom stereocenters. The molecule has 3 heteroatoms. The van der Waals surface area contributed by atoms with Crippen LogP contribution in [0.25, 0.3) is 0 Å². The maximum atomic E-state index is 12.3. The molecular weight excluding hydrogens is 603 g/mol. The third-order valence-electron chi connectivity index (χ3n) is 13.0. The number of fused-ring (bicyclic) bond motifs is 10. The molecule has 2 nitrogen and oxygen atoms in total. The highest BCUT2D eigenvalue weighted by atomic mass is 127. The first-order valence-electron chi connectivity index (χ1n) is 16.1. The van der Waals surface area contributed by atoms with Crippen molar-refractivity contribution < 1.29 is 9.59 Å². The van der Waals surface area contributed by atoms with Crippen molar-refractivity contribution >= 4 is 34.2 Å². The van der Waals surface area contributed by atoms with Gasteiger partial charge in [0.15, 0.2) is 0 Å². The molecule has 0 aromatic heterocycles. The fourth-order valence-corrected chi connectivity index (χ4v) is 11.4. The van der Waals surface area contributed by atoms with Gasteiger partial charge >= 0.3 is 0 Å². The van der Waals surface area contributed by atoms with E-state index in [0.29, 0.717) is 23.4 Å². The molecule has 0 heterocycles. The first-order valence-corrected chi connectivity index (χ1v) is 17.2. The van der Waals surface area contributed by atoms with Crippen molar-refractivity contribution in [2.75, 3.05) is 0 Å². The number of aryl methyl sites for hydroxylation is 3. The van der Waals surface area contributed by atoms with Gasteiger partial charge in [0.2, 0.25) is 0 Å². The van der Waals surface area contributed by atoms with Gasteiger partial charge in [-0.3, -0.25) is 9.59 Å². The number of Topliss-reactive ketones (excluding diaryl/α,β-unsaturated/α-hetero) is 2. The van der Waals surface area contributed by atoms with Crippen LogP contribution in [0.4, 0.5) is 0 Å². The maximum absolute atomic E-state index is 12.3. The molecule has 0 radical (unpaired) electrons. The number of benzene rings is 2. The van der Waals surface area contributed by atoms with Crippen LogP contribution in [0.15, 0.2) is 36.4 Å². The van der Waals surface area contributed by atoms with Crippen LogP contribution in [-0.4, -0.2) is 11.6 Å². The number of hydrogen-bond donors (Lipinski definition) is 0. The van der Waals surface area contributed by atoms with Gasteiger partial charge in [0.05, 0.1) is 0 Å². The average molecular weight is 649 g/mol. The van der Waals surface area contributed by atoms with Crippen LogP contribution < -0.4 is 0 Å². The van der Waals surface area contributed by atoms with Crippen LogP contribution in [0.5, 0.6) is 0 Å². The van der Waals surface area contributed by atoms with Gasteiger partial charge in [-0.05, 0) is 164 Å². The smallest absolute Gasteiger partial charge is 0.139 e. The van der Waals surface area contributed by atoms with E-state index in [2.05, 4.69) is 79.8 Å². The second-order valence-electron chi connectivity index (χ2n) is 14.7. The van der Waals surface area contributed by atoms with Crippen LogP contribution in [0.2, 0.25) is 0 Å². The lowest BCUT2D eigenvalue weighted by Gasteiger charge is -2.48. The first-order chi connectivity index (χ1) is 19.2. The zero-order valence-corrected chi connectivity index (χ0v) is 26.8. The van der Waals surface area contributed by atoms with Gasteiger partial charge in [0, 0.05) is 27.2 Å². The summed E-state index contributed by atoms with van der Waals surface area (Å²) in [6.45, 7) is 6.71. The molecule has 0 amide bonds. The van der Waals surface area contributed by atoms with Crippen molar-refractivity contribution in [1.29, 1.82) is 0 Å². The summed E-state index contributed by atoms with van der Waals surface area (Å²) < 4.78 is 1.36. The summed E-state index contributed by atoms with van der Waals surface area (Å²) >= 11 is 2.42. The lowest BCUT2D eigenvalue weighted by molar-refractivity contribution is -0.130. The Bertz CT molecular complexity index is 1260. The first kappa shape index (κ1) is 27.3. The van der Waals surface area contributed by atoms with E-state index >= 15 is 0 Å². The molecule has 0 saturated heterocycles. The van der Waals surface area contributed by atoms with E-state index in [0.717, 1.165) is 62.2 Å². The van der Waals surface area contributed by atoms with E-state index in [1.807, 2.05) is 0 Å². The van der Waals surface area contributed by atoms with Crippen molar-refractivity contribution in [3.05, 3.63) is 67.8 Å². The molecule has 0 N–H and O–H groups in total. The minimum atomic E-state index is 0.0157. The minimum absolute atomic E-state index is 0.0157.